The molecule has 2 aromatic rings. The van der Waals surface area contributed by atoms with Crippen LogP contribution in [0.4, 0.5) is 10.1 Å². The lowest BCUT2D eigenvalue weighted by molar-refractivity contribution is -0.142. The Morgan fingerprint density at radius 2 is 2.06 bits per heavy atom. The van der Waals surface area contributed by atoms with Gasteiger partial charge < -0.3 is 19.9 Å². The lowest BCUT2D eigenvalue weighted by Crippen LogP contribution is -2.47. The van der Waals surface area contributed by atoms with E-state index >= 15 is 0 Å². The Hall–Kier alpha value is -2.69. The minimum atomic E-state index is -3.43. The number of anilines is 1. The van der Waals surface area contributed by atoms with E-state index in [-0.39, 0.29) is 37.2 Å². The molecule has 4 rings (SSSR count). The quantitative estimate of drug-likeness (QED) is 0.577. The van der Waals surface area contributed by atoms with Gasteiger partial charge in [0.2, 0.25) is 15.9 Å². The number of fused-ring (bicyclic) bond motifs is 3. The standard InChI is InChI=1S/C22H25FN2O6S/c1-32(28,29)25-15-5-6-19-17(8-15)18-9-16(30-20(12-26)22(18)31-19)10-21(27)24-11-13-3-2-4-14(23)7-13/h2-8,16,18,20,22,25-26H,9-12H2,1H3,(H,24,27)/t16-,18+,20+,22-/m0/s1. The van der Waals surface area contributed by atoms with Crippen molar-refractivity contribution in [3.63, 3.8) is 0 Å². The molecule has 0 spiro atoms. The molecule has 0 bridgehead atoms. The number of hydrogen-bond donors (Lipinski definition) is 3. The third-order valence-corrected chi connectivity index (χ3v) is 6.20. The molecule has 2 aliphatic heterocycles. The summed E-state index contributed by atoms with van der Waals surface area (Å²) in [6, 6.07) is 11.0. The average molecular weight is 465 g/mol. The van der Waals surface area contributed by atoms with Gasteiger partial charge >= 0.3 is 0 Å². The summed E-state index contributed by atoms with van der Waals surface area (Å²) < 4.78 is 50.8. The topological polar surface area (TPSA) is 114 Å². The first-order chi connectivity index (χ1) is 15.2. The van der Waals surface area contributed by atoms with E-state index in [9.17, 15) is 22.7 Å². The molecule has 0 saturated carbocycles. The fourth-order valence-electron chi connectivity index (χ4n) is 4.29. The zero-order valence-corrected chi connectivity index (χ0v) is 18.3. The van der Waals surface area contributed by atoms with Crippen molar-refractivity contribution in [2.45, 2.75) is 43.6 Å². The predicted molar refractivity (Wildman–Crippen MR) is 115 cm³/mol. The number of carbonyl (C=O) groups is 1. The van der Waals surface area contributed by atoms with Gasteiger partial charge in [0.25, 0.3) is 0 Å². The van der Waals surface area contributed by atoms with E-state index in [1.807, 2.05) is 0 Å². The van der Waals surface area contributed by atoms with E-state index in [1.54, 1.807) is 30.3 Å². The fourth-order valence-corrected chi connectivity index (χ4v) is 4.85. The summed E-state index contributed by atoms with van der Waals surface area (Å²) >= 11 is 0. The van der Waals surface area contributed by atoms with Crippen LogP contribution in [-0.2, 0) is 26.1 Å². The maximum absolute atomic E-state index is 13.3. The fraction of sp³-hybridized carbons (Fsp3) is 0.409. The highest BCUT2D eigenvalue weighted by Gasteiger charge is 2.46. The highest BCUT2D eigenvalue weighted by atomic mass is 32.2. The van der Waals surface area contributed by atoms with Crippen molar-refractivity contribution < 1.29 is 32.2 Å². The molecule has 1 saturated heterocycles. The number of nitrogens with one attached hydrogen (secondary N) is 2. The van der Waals surface area contributed by atoms with Crippen molar-refractivity contribution in [2.24, 2.45) is 0 Å². The second-order valence-electron chi connectivity index (χ2n) is 8.14. The predicted octanol–water partition coefficient (Wildman–Crippen LogP) is 1.90. The first kappa shape index (κ1) is 22.5. The Kier molecular flexibility index (Phi) is 6.36. The van der Waals surface area contributed by atoms with E-state index in [4.69, 9.17) is 9.47 Å². The summed E-state index contributed by atoms with van der Waals surface area (Å²) in [5.74, 6) is -0.162. The average Bonchev–Trinajstić information content (AvgIpc) is 3.08. The highest BCUT2D eigenvalue weighted by Crippen LogP contribution is 2.47. The zero-order valence-electron chi connectivity index (χ0n) is 17.5. The summed E-state index contributed by atoms with van der Waals surface area (Å²) in [6.45, 7) is -0.0731. The number of halogens is 1. The number of carbonyl (C=O) groups excluding carboxylic acids is 1. The highest BCUT2D eigenvalue weighted by molar-refractivity contribution is 7.92. The molecule has 0 radical (unpaired) electrons. The Morgan fingerprint density at radius 3 is 2.78 bits per heavy atom. The molecule has 32 heavy (non-hydrogen) atoms. The minimum Gasteiger partial charge on any atom is -0.487 e. The molecule has 172 valence electrons. The molecule has 2 heterocycles. The third-order valence-electron chi connectivity index (χ3n) is 5.59. The molecule has 2 aromatic carbocycles. The van der Waals surface area contributed by atoms with Crippen LogP contribution in [0.15, 0.2) is 42.5 Å². The number of aliphatic hydroxyl groups is 1. The summed E-state index contributed by atoms with van der Waals surface area (Å²) in [5.41, 5.74) is 1.89. The van der Waals surface area contributed by atoms with Crippen LogP contribution in [-0.4, -0.2) is 50.6 Å². The molecule has 1 amide bonds. The Balaban J connectivity index is 1.44. The van der Waals surface area contributed by atoms with E-state index in [1.165, 1.54) is 12.1 Å². The number of rotatable bonds is 7. The third kappa shape index (κ3) is 5.20. The monoisotopic (exact) mass is 464 g/mol. The van der Waals surface area contributed by atoms with E-state index in [0.717, 1.165) is 11.8 Å². The van der Waals surface area contributed by atoms with Gasteiger partial charge in [-0.05, 0) is 42.3 Å². The number of sulfonamides is 1. The first-order valence-corrected chi connectivity index (χ1v) is 12.2. The van der Waals surface area contributed by atoms with Crippen molar-refractivity contribution in [3.8, 4) is 5.75 Å². The molecule has 3 N–H and O–H groups in total. The van der Waals surface area contributed by atoms with Gasteiger partial charge in [0.05, 0.1) is 25.4 Å². The van der Waals surface area contributed by atoms with Gasteiger partial charge in [0, 0.05) is 23.7 Å². The summed E-state index contributed by atoms with van der Waals surface area (Å²) in [4.78, 5) is 12.5. The van der Waals surface area contributed by atoms with Crippen LogP contribution in [0.5, 0.6) is 5.75 Å². The van der Waals surface area contributed by atoms with Gasteiger partial charge in [-0.3, -0.25) is 9.52 Å². The van der Waals surface area contributed by atoms with Crippen LogP contribution in [0.1, 0.15) is 29.9 Å². The van der Waals surface area contributed by atoms with Crippen molar-refractivity contribution in [2.75, 3.05) is 17.6 Å². The van der Waals surface area contributed by atoms with Gasteiger partial charge in [0.1, 0.15) is 23.8 Å². The molecule has 0 aliphatic carbocycles. The van der Waals surface area contributed by atoms with Crippen LogP contribution in [0.3, 0.4) is 0 Å². The smallest absolute Gasteiger partial charge is 0.229 e. The molecular formula is C22H25FN2O6S. The van der Waals surface area contributed by atoms with Gasteiger partial charge in [-0.1, -0.05) is 12.1 Å². The van der Waals surface area contributed by atoms with Gasteiger partial charge in [-0.15, -0.1) is 0 Å². The Morgan fingerprint density at radius 1 is 1.25 bits per heavy atom. The lowest BCUT2D eigenvalue weighted by atomic mass is 9.84. The van der Waals surface area contributed by atoms with Crippen LogP contribution in [0.25, 0.3) is 0 Å². The lowest BCUT2D eigenvalue weighted by Gasteiger charge is -2.37. The largest absolute Gasteiger partial charge is 0.487 e. The molecule has 1 fully saturated rings. The van der Waals surface area contributed by atoms with Crippen LogP contribution >= 0.6 is 0 Å². The Bertz CT molecular complexity index is 1110. The number of hydrogen-bond acceptors (Lipinski definition) is 6. The molecular weight excluding hydrogens is 439 g/mol. The summed E-state index contributed by atoms with van der Waals surface area (Å²) in [7, 11) is -3.43. The number of ether oxygens (including phenoxy) is 2. The molecule has 4 atom stereocenters. The molecule has 10 heteroatoms. The van der Waals surface area contributed by atoms with E-state index in [2.05, 4.69) is 10.0 Å². The summed E-state index contributed by atoms with van der Waals surface area (Å²) in [5, 5.41) is 12.6. The van der Waals surface area contributed by atoms with Crippen molar-refractivity contribution in [1.82, 2.24) is 5.32 Å². The maximum atomic E-state index is 13.3. The maximum Gasteiger partial charge on any atom is 0.229 e. The normalized spacial score (nSPS) is 24.2. The van der Waals surface area contributed by atoms with E-state index in [0.29, 0.717) is 23.4 Å². The molecule has 0 unspecified atom stereocenters. The SMILES string of the molecule is CS(=O)(=O)Nc1ccc2c(c1)[C@H]1C[C@@H](CC(=O)NCc3cccc(F)c3)O[C@H](CO)[C@H]1O2. The number of benzene rings is 2. The first-order valence-electron chi connectivity index (χ1n) is 10.3. The number of aliphatic hydroxyl groups excluding tert-OH is 1. The zero-order chi connectivity index (χ0) is 22.9. The second kappa shape index (κ2) is 9.05. The van der Waals surface area contributed by atoms with Crippen molar-refractivity contribution in [3.05, 3.63) is 59.4 Å². The van der Waals surface area contributed by atoms with Crippen LogP contribution in [0.2, 0.25) is 0 Å². The minimum absolute atomic E-state index is 0.0750. The van der Waals surface area contributed by atoms with E-state index < -0.39 is 28.3 Å². The van der Waals surface area contributed by atoms with Crippen molar-refractivity contribution >= 4 is 21.6 Å². The Labute approximate surface area is 185 Å². The molecule has 2 aliphatic rings. The molecule has 8 nitrogen and oxygen atoms in total. The van der Waals surface area contributed by atoms with Gasteiger partial charge in [0.15, 0.2) is 0 Å². The second-order valence-corrected chi connectivity index (χ2v) is 9.89. The number of amides is 1. The van der Waals surface area contributed by atoms with Gasteiger partial charge in [-0.25, -0.2) is 12.8 Å². The van der Waals surface area contributed by atoms with Crippen LogP contribution in [0, 0.1) is 5.82 Å². The summed E-state index contributed by atoms with van der Waals surface area (Å²) in [6.07, 6.45) is 0.134. The van der Waals surface area contributed by atoms with Gasteiger partial charge in [-0.2, -0.15) is 0 Å². The van der Waals surface area contributed by atoms with Crippen LogP contribution < -0.4 is 14.8 Å². The van der Waals surface area contributed by atoms with Crippen molar-refractivity contribution in [1.29, 1.82) is 0 Å². The molecule has 0 aromatic heterocycles.